The van der Waals surface area contributed by atoms with E-state index in [1.807, 2.05) is 42.3 Å². The molecule has 0 saturated carbocycles. The Labute approximate surface area is 201 Å². The molecule has 0 N–H and O–H groups in total. The number of nitrogens with zero attached hydrogens (tertiary/aromatic N) is 3. The van der Waals surface area contributed by atoms with E-state index in [0.717, 1.165) is 25.2 Å². The maximum absolute atomic E-state index is 13.4. The van der Waals surface area contributed by atoms with Crippen LogP contribution in [0.25, 0.3) is 0 Å². The molecule has 0 radical (unpaired) electrons. The molecular formula is C25H32FN3O4S. The van der Waals surface area contributed by atoms with Crippen LogP contribution in [0.1, 0.15) is 19.3 Å². The van der Waals surface area contributed by atoms with E-state index in [1.54, 1.807) is 0 Å². The molecule has 2 saturated heterocycles. The summed E-state index contributed by atoms with van der Waals surface area (Å²) >= 11 is 0. The normalized spacial score (nSPS) is 22.5. The van der Waals surface area contributed by atoms with Crippen molar-refractivity contribution in [2.75, 3.05) is 52.9 Å². The highest BCUT2D eigenvalue weighted by atomic mass is 32.2. The fourth-order valence-electron chi connectivity index (χ4n) is 4.68. The number of carbonyl (C=O) groups is 1. The number of ether oxygens (including phenoxy) is 1. The van der Waals surface area contributed by atoms with Crippen LogP contribution in [0.15, 0.2) is 59.5 Å². The van der Waals surface area contributed by atoms with Crippen LogP contribution in [0.2, 0.25) is 0 Å². The lowest BCUT2D eigenvalue weighted by Gasteiger charge is -2.43. The zero-order valence-electron chi connectivity index (χ0n) is 19.5. The Morgan fingerprint density at radius 3 is 2.35 bits per heavy atom. The van der Waals surface area contributed by atoms with Gasteiger partial charge in [-0.25, -0.2) is 12.8 Å². The lowest BCUT2D eigenvalue weighted by Crippen LogP contribution is -2.53. The van der Waals surface area contributed by atoms with Gasteiger partial charge in [-0.2, -0.15) is 4.31 Å². The SMILES string of the molecule is CN1CCN(C(=O)C[C@]2(COc3ccccc3)CCCN(S(=O)(=O)c3ccc(F)cc3)C2)CC1. The topological polar surface area (TPSA) is 70.2 Å². The number of benzene rings is 2. The number of carbonyl (C=O) groups excluding carboxylic acids is 1. The number of sulfonamides is 1. The van der Waals surface area contributed by atoms with Gasteiger partial charge in [0.25, 0.3) is 0 Å². The summed E-state index contributed by atoms with van der Waals surface area (Å²) in [6.07, 6.45) is 1.53. The molecule has 34 heavy (non-hydrogen) atoms. The summed E-state index contributed by atoms with van der Waals surface area (Å²) < 4.78 is 47.6. The lowest BCUT2D eigenvalue weighted by atomic mass is 9.78. The summed E-state index contributed by atoms with van der Waals surface area (Å²) in [5.74, 6) is 0.235. The van der Waals surface area contributed by atoms with Crippen LogP contribution in [-0.4, -0.2) is 81.4 Å². The maximum Gasteiger partial charge on any atom is 0.243 e. The van der Waals surface area contributed by atoms with E-state index in [2.05, 4.69) is 4.90 Å². The van der Waals surface area contributed by atoms with Gasteiger partial charge in [0.2, 0.25) is 15.9 Å². The van der Waals surface area contributed by atoms with Gasteiger partial charge >= 0.3 is 0 Å². The van der Waals surface area contributed by atoms with Gasteiger partial charge < -0.3 is 14.5 Å². The van der Waals surface area contributed by atoms with Crippen molar-refractivity contribution < 1.29 is 22.3 Å². The molecule has 9 heteroatoms. The van der Waals surface area contributed by atoms with Crippen molar-refractivity contribution in [1.29, 1.82) is 0 Å². The number of piperazine rings is 1. The summed E-state index contributed by atoms with van der Waals surface area (Å²) in [5, 5.41) is 0. The van der Waals surface area contributed by atoms with Crippen molar-refractivity contribution in [3.8, 4) is 5.75 Å². The second-order valence-corrected chi connectivity index (χ2v) is 11.3. The molecule has 1 amide bonds. The Bertz CT molecular complexity index is 1070. The molecule has 7 nitrogen and oxygen atoms in total. The van der Waals surface area contributed by atoms with E-state index in [9.17, 15) is 17.6 Å². The molecule has 2 fully saturated rings. The Hall–Kier alpha value is -2.49. The minimum atomic E-state index is -3.82. The summed E-state index contributed by atoms with van der Waals surface area (Å²) in [7, 11) is -1.78. The van der Waals surface area contributed by atoms with E-state index in [-0.39, 0.29) is 30.4 Å². The first-order chi connectivity index (χ1) is 16.3. The third-order valence-electron chi connectivity index (χ3n) is 6.75. The molecule has 2 aromatic rings. The third-order valence-corrected chi connectivity index (χ3v) is 8.61. The van der Waals surface area contributed by atoms with E-state index >= 15 is 0 Å². The number of likely N-dealkylation sites (N-methyl/N-ethyl adjacent to an activating group) is 1. The molecule has 1 atom stereocenters. The van der Waals surface area contributed by atoms with Crippen LogP contribution in [0.5, 0.6) is 5.75 Å². The standard InChI is InChI=1S/C25H32FN3O4S/c1-27-14-16-28(17-15-27)24(30)18-25(20-33-22-6-3-2-4-7-22)12-5-13-29(19-25)34(31,32)23-10-8-21(26)9-11-23/h2-4,6-11H,5,12-20H2,1H3/t25-/m1/s1. The molecule has 0 bridgehead atoms. The third kappa shape index (κ3) is 5.76. The summed E-state index contributed by atoms with van der Waals surface area (Å²) in [5.41, 5.74) is -0.651. The first-order valence-corrected chi connectivity index (χ1v) is 13.1. The number of halogens is 1. The highest BCUT2D eigenvalue weighted by Gasteiger charge is 2.43. The minimum Gasteiger partial charge on any atom is -0.493 e. The Kier molecular flexibility index (Phi) is 7.54. The second-order valence-electron chi connectivity index (χ2n) is 9.36. The minimum absolute atomic E-state index is 0.0331. The monoisotopic (exact) mass is 489 g/mol. The fourth-order valence-corrected chi connectivity index (χ4v) is 6.27. The van der Waals surface area contributed by atoms with Crippen molar-refractivity contribution in [3.63, 3.8) is 0 Å². The van der Waals surface area contributed by atoms with Gasteiger partial charge in [-0.15, -0.1) is 0 Å². The molecule has 184 valence electrons. The molecule has 0 aromatic heterocycles. The van der Waals surface area contributed by atoms with Crippen molar-refractivity contribution >= 4 is 15.9 Å². The van der Waals surface area contributed by atoms with E-state index in [4.69, 9.17) is 4.74 Å². The van der Waals surface area contributed by atoms with Gasteiger partial charge in [0, 0.05) is 51.1 Å². The Morgan fingerprint density at radius 2 is 1.68 bits per heavy atom. The molecule has 0 spiro atoms. The van der Waals surface area contributed by atoms with Gasteiger partial charge in [0.1, 0.15) is 11.6 Å². The smallest absolute Gasteiger partial charge is 0.243 e. The zero-order chi connectivity index (χ0) is 24.2. The van der Waals surface area contributed by atoms with Gasteiger partial charge in [0.15, 0.2) is 0 Å². The zero-order valence-corrected chi connectivity index (χ0v) is 20.3. The average Bonchev–Trinajstić information content (AvgIpc) is 2.84. The van der Waals surface area contributed by atoms with E-state index < -0.39 is 21.3 Å². The molecule has 2 aliphatic rings. The van der Waals surface area contributed by atoms with Gasteiger partial charge in [-0.1, -0.05) is 18.2 Å². The largest absolute Gasteiger partial charge is 0.493 e. The Balaban J connectivity index is 1.56. The fraction of sp³-hybridized carbons (Fsp3) is 0.480. The van der Waals surface area contributed by atoms with E-state index in [1.165, 1.54) is 16.4 Å². The first-order valence-electron chi connectivity index (χ1n) is 11.7. The molecule has 2 heterocycles. The van der Waals surface area contributed by atoms with Crippen LogP contribution in [0.4, 0.5) is 4.39 Å². The molecule has 0 unspecified atom stereocenters. The number of amides is 1. The maximum atomic E-state index is 13.4. The predicted octanol–water partition coefficient (Wildman–Crippen LogP) is 2.84. The van der Waals surface area contributed by atoms with Gasteiger partial charge in [-0.05, 0) is 56.3 Å². The van der Waals surface area contributed by atoms with Gasteiger partial charge in [0.05, 0.1) is 11.5 Å². The predicted molar refractivity (Wildman–Crippen MR) is 127 cm³/mol. The number of piperidine rings is 1. The second kappa shape index (κ2) is 10.4. The summed E-state index contributed by atoms with van der Waals surface area (Å²) in [6.45, 7) is 3.76. The van der Waals surface area contributed by atoms with Crippen LogP contribution in [0.3, 0.4) is 0 Å². The number of hydrogen-bond acceptors (Lipinski definition) is 5. The highest BCUT2D eigenvalue weighted by molar-refractivity contribution is 7.89. The number of rotatable bonds is 7. The van der Waals surface area contributed by atoms with Crippen LogP contribution >= 0.6 is 0 Å². The van der Waals surface area contributed by atoms with Gasteiger partial charge in [-0.3, -0.25) is 4.79 Å². The molecule has 2 aromatic carbocycles. The number of hydrogen-bond donors (Lipinski definition) is 0. The number of para-hydroxylation sites is 1. The summed E-state index contributed by atoms with van der Waals surface area (Å²) in [4.78, 5) is 17.4. The van der Waals surface area contributed by atoms with Crippen LogP contribution in [-0.2, 0) is 14.8 Å². The average molecular weight is 490 g/mol. The highest BCUT2D eigenvalue weighted by Crippen LogP contribution is 2.37. The molecule has 0 aliphatic carbocycles. The van der Waals surface area contributed by atoms with Crippen molar-refractivity contribution in [3.05, 3.63) is 60.4 Å². The molecular weight excluding hydrogens is 457 g/mol. The Morgan fingerprint density at radius 1 is 1.00 bits per heavy atom. The van der Waals surface area contributed by atoms with Crippen molar-refractivity contribution in [1.82, 2.24) is 14.1 Å². The lowest BCUT2D eigenvalue weighted by molar-refractivity contribution is -0.136. The van der Waals surface area contributed by atoms with Crippen LogP contribution < -0.4 is 4.74 Å². The van der Waals surface area contributed by atoms with Crippen molar-refractivity contribution in [2.45, 2.75) is 24.2 Å². The summed E-state index contributed by atoms with van der Waals surface area (Å²) in [6, 6.07) is 14.2. The van der Waals surface area contributed by atoms with Crippen molar-refractivity contribution in [2.24, 2.45) is 5.41 Å². The first kappa shape index (κ1) is 24.6. The molecule has 2 aliphatic heterocycles. The molecule has 4 rings (SSSR count). The quantitative estimate of drug-likeness (QED) is 0.598. The van der Waals surface area contributed by atoms with Crippen LogP contribution in [0, 0.1) is 11.2 Å². The van der Waals surface area contributed by atoms with E-state index in [0.29, 0.717) is 38.2 Å².